The molecule has 0 aliphatic carbocycles. The molecule has 0 rings (SSSR count). The van der Waals surface area contributed by atoms with Crippen LogP contribution >= 0.6 is 0 Å². The molecule has 44 heavy (non-hydrogen) atoms. The fraction of sp³-hybridized carbons (Fsp3) is 0.810. The minimum atomic E-state index is -0.486. The molecular weight excluding hydrogens is 536 g/mol. The molecule has 0 spiro atoms. The molecule has 0 radical (unpaired) electrons. The average Bonchev–Trinajstić information content (AvgIpc) is 3.03. The Hall–Kier alpha value is -1.12. The lowest BCUT2D eigenvalue weighted by atomic mass is 9.85. The van der Waals surface area contributed by atoms with Gasteiger partial charge in [-0.1, -0.05) is 165 Å². The Balaban J connectivity index is 3.90. The second kappa shape index (κ2) is 36.3. The van der Waals surface area contributed by atoms with Crippen LogP contribution in [0.1, 0.15) is 206 Å². The van der Waals surface area contributed by atoms with Crippen LogP contribution in [0.5, 0.6) is 0 Å². The maximum absolute atomic E-state index is 11.5. The van der Waals surface area contributed by atoms with E-state index >= 15 is 0 Å². The Morgan fingerprint density at radius 3 is 1.00 bits per heavy atom. The molecule has 0 aromatic carbocycles. The van der Waals surface area contributed by atoms with E-state index in [0.29, 0.717) is 0 Å². The number of allylic oxidation sites excluding steroid dienone is 8. The molecule has 0 aliphatic rings. The summed E-state index contributed by atoms with van der Waals surface area (Å²) in [5.41, 5.74) is -0.486. The zero-order chi connectivity index (χ0) is 32.1. The minimum absolute atomic E-state index is 0.274. The lowest BCUT2D eigenvalue weighted by molar-refractivity contribution is 0.00682. The smallest absolute Gasteiger partial charge is 0.0647 e. The molecule has 0 atom stereocenters. The second-order valence-electron chi connectivity index (χ2n) is 13.4. The van der Waals surface area contributed by atoms with E-state index in [1.54, 1.807) is 0 Å². The molecule has 0 saturated heterocycles. The van der Waals surface area contributed by atoms with Crippen LogP contribution in [0.2, 0.25) is 0 Å². The van der Waals surface area contributed by atoms with Gasteiger partial charge in [-0.25, -0.2) is 0 Å². The van der Waals surface area contributed by atoms with Gasteiger partial charge in [0, 0.05) is 6.61 Å². The summed E-state index contributed by atoms with van der Waals surface area (Å²) in [6.07, 6.45) is 54.8. The number of rotatable bonds is 35. The summed E-state index contributed by atoms with van der Waals surface area (Å²) in [6.45, 7) is 4.80. The molecule has 2 nitrogen and oxygen atoms in total. The fourth-order valence-corrected chi connectivity index (χ4v) is 6.00. The van der Waals surface area contributed by atoms with E-state index in [-0.39, 0.29) is 6.61 Å². The first-order chi connectivity index (χ1) is 21.7. The molecule has 0 aromatic rings. The quantitative estimate of drug-likeness (QED) is 0.0550. The molecule has 0 amide bonds. The molecule has 0 bridgehead atoms. The van der Waals surface area contributed by atoms with Crippen molar-refractivity contribution in [3.63, 3.8) is 0 Å². The third-order valence-electron chi connectivity index (χ3n) is 8.99. The number of hydrogen-bond acceptors (Lipinski definition) is 2. The highest BCUT2D eigenvalue weighted by molar-refractivity contribution is 4.93. The predicted octanol–water partition coefficient (Wildman–Crippen LogP) is 13.7. The molecule has 0 unspecified atom stereocenters. The van der Waals surface area contributed by atoms with Crippen LogP contribution in [0.15, 0.2) is 48.6 Å². The van der Waals surface area contributed by atoms with Gasteiger partial charge in [0.15, 0.2) is 0 Å². The van der Waals surface area contributed by atoms with Crippen LogP contribution in [0.3, 0.4) is 0 Å². The van der Waals surface area contributed by atoms with Gasteiger partial charge in [-0.2, -0.15) is 0 Å². The molecule has 0 aliphatic heterocycles. The lowest BCUT2D eigenvalue weighted by Crippen LogP contribution is -2.28. The van der Waals surface area contributed by atoms with Gasteiger partial charge < -0.3 is 10.2 Å². The number of hydrogen-bond donors (Lipinski definition) is 2. The second-order valence-corrected chi connectivity index (χ2v) is 13.4. The van der Waals surface area contributed by atoms with E-state index in [9.17, 15) is 5.11 Å². The highest BCUT2D eigenvalue weighted by Crippen LogP contribution is 2.29. The van der Waals surface area contributed by atoms with Crippen molar-refractivity contribution in [2.24, 2.45) is 0 Å². The van der Waals surface area contributed by atoms with Crippen molar-refractivity contribution >= 4 is 0 Å². The summed E-state index contributed by atoms with van der Waals surface area (Å²) >= 11 is 0. The largest absolute Gasteiger partial charge is 0.396 e. The lowest BCUT2D eigenvalue weighted by Gasteiger charge is -2.28. The van der Waals surface area contributed by atoms with Crippen LogP contribution < -0.4 is 0 Å². The summed E-state index contributed by atoms with van der Waals surface area (Å²) in [5, 5.41) is 20.6. The summed E-state index contributed by atoms with van der Waals surface area (Å²) in [6, 6.07) is 0. The Labute approximate surface area is 277 Å². The van der Waals surface area contributed by atoms with Crippen molar-refractivity contribution in [2.45, 2.75) is 212 Å². The summed E-state index contributed by atoms with van der Waals surface area (Å²) in [4.78, 5) is 0. The molecule has 2 heteroatoms. The summed E-state index contributed by atoms with van der Waals surface area (Å²) in [5.74, 6) is 0. The van der Waals surface area contributed by atoms with Gasteiger partial charge in [0.1, 0.15) is 0 Å². The zero-order valence-corrected chi connectivity index (χ0v) is 29.9. The topological polar surface area (TPSA) is 40.5 Å². The number of unbranched alkanes of at least 4 members (excludes halogenated alkanes) is 20. The van der Waals surface area contributed by atoms with Gasteiger partial charge in [-0.05, 0) is 89.9 Å². The Kier molecular flexibility index (Phi) is 35.4. The van der Waals surface area contributed by atoms with Crippen LogP contribution in [0.25, 0.3) is 0 Å². The predicted molar refractivity (Wildman–Crippen MR) is 198 cm³/mol. The Bertz CT molecular complexity index is 611. The molecule has 258 valence electrons. The summed E-state index contributed by atoms with van der Waals surface area (Å²) < 4.78 is 0. The number of aliphatic hydroxyl groups is 2. The third-order valence-corrected chi connectivity index (χ3v) is 8.99. The third kappa shape index (κ3) is 33.8. The van der Waals surface area contributed by atoms with E-state index in [0.717, 1.165) is 64.2 Å². The van der Waals surface area contributed by atoms with Crippen molar-refractivity contribution in [3.05, 3.63) is 48.6 Å². The van der Waals surface area contributed by atoms with E-state index in [1.165, 1.54) is 128 Å². The van der Waals surface area contributed by atoms with Gasteiger partial charge in [-0.15, -0.1) is 0 Å². The first kappa shape index (κ1) is 42.9. The molecule has 0 aromatic heterocycles. The average molecular weight is 615 g/mol. The van der Waals surface area contributed by atoms with Crippen molar-refractivity contribution in [2.75, 3.05) is 6.61 Å². The standard InChI is InChI=1S/C42H78O2/c1-3-5-7-9-11-13-15-17-19-21-23-25-27-29-31-34-38-42(44,40-36-33-37-41-43)39-35-32-30-28-26-24-22-20-18-16-14-12-10-8-6-4-2/h11-14,17-20,43-44H,3-10,15-16,21-41H2,1-2H3. The van der Waals surface area contributed by atoms with Gasteiger partial charge >= 0.3 is 0 Å². The van der Waals surface area contributed by atoms with Gasteiger partial charge in [0.05, 0.1) is 5.60 Å². The maximum Gasteiger partial charge on any atom is 0.0647 e. The molecule has 2 N–H and O–H groups in total. The van der Waals surface area contributed by atoms with Gasteiger partial charge in [0.2, 0.25) is 0 Å². The molecule has 0 heterocycles. The maximum atomic E-state index is 11.5. The number of aliphatic hydroxyl groups excluding tert-OH is 1. The molecule has 0 saturated carbocycles. The van der Waals surface area contributed by atoms with E-state index in [4.69, 9.17) is 5.11 Å². The first-order valence-corrected chi connectivity index (χ1v) is 19.6. The van der Waals surface area contributed by atoms with E-state index in [1.807, 2.05) is 0 Å². The van der Waals surface area contributed by atoms with Crippen LogP contribution in [-0.4, -0.2) is 22.4 Å². The van der Waals surface area contributed by atoms with Gasteiger partial charge in [-0.3, -0.25) is 0 Å². The SMILES string of the molecule is CCCCCC=CCC=CCCCCCCCCC(O)(CCCCCO)CCCCCCCCC=CCC=CCCCCC. The molecular formula is C42H78O2. The normalized spacial score (nSPS) is 13.8. The van der Waals surface area contributed by atoms with Crippen molar-refractivity contribution in [1.82, 2.24) is 0 Å². The van der Waals surface area contributed by atoms with Crippen LogP contribution in [-0.2, 0) is 0 Å². The fourth-order valence-electron chi connectivity index (χ4n) is 6.00. The first-order valence-electron chi connectivity index (χ1n) is 19.6. The van der Waals surface area contributed by atoms with E-state index in [2.05, 4.69) is 62.5 Å². The van der Waals surface area contributed by atoms with Crippen LogP contribution in [0, 0.1) is 0 Å². The van der Waals surface area contributed by atoms with Gasteiger partial charge in [0.25, 0.3) is 0 Å². The highest BCUT2D eigenvalue weighted by atomic mass is 16.3. The van der Waals surface area contributed by atoms with E-state index < -0.39 is 5.60 Å². The Morgan fingerprint density at radius 2 is 0.659 bits per heavy atom. The minimum Gasteiger partial charge on any atom is -0.396 e. The van der Waals surface area contributed by atoms with Crippen LogP contribution in [0.4, 0.5) is 0 Å². The van der Waals surface area contributed by atoms with Crippen molar-refractivity contribution in [3.8, 4) is 0 Å². The van der Waals surface area contributed by atoms with Crippen molar-refractivity contribution in [1.29, 1.82) is 0 Å². The zero-order valence-electron chi connectivity index (χ0n) is 29.9. The summed E-state index contributed by atoms with van der Waals surface area (Å²) in [7, 11) is 0. The van der Waals surface area contributed by atoms with Crippen molar-refractivity contribution < 1.29 is 10.2 Å². The Morgan fingerprint density at radius 1 is 0.364 bits per heavy atom. The monoisotopic (exact) mass is 615 g/mol. The highest BCUT2D eigenvalue weighted by Gasteiger charge is 2.25. The molecule has 0 fully saturated rings.